The van der Waals surface area contributed by atoms with Crippen LogP contribution in [0.25, 0.3) is 0 Å². The zero-order chi connectivity index (χ0) is 28.3. The molecule has 210 valence electrons. The highest BCUT2D eigenvalue weighted by molar-refractivity contribution is 5.92. The summed E-state index contributed by atoms with van der Waals surface area (Å²) in [5, 5.41) is 5.92. The lowest BCUT2D eigenvalue weighted by Crippen LogP contribution is -2.57. The van der Waals surface area contributed by atoms with Gasteiger partial charge in [-0.05, 0) is 71.3 Å². The van der Waals surface area contributed by atoms with Gasteiger partial charge in [0, 0.05) is 12.1 Å². The molecule has 1 aromatic carbocycles. The quantitative estimate of drug-likeness (QED) is 0.324. The van der Waals surface area contributed by atoms with Crippen LogP contribution in [-0.4, -0.2) is 46.5 Å². The van der Waals surface area contributed by atoms with E-state index in [1.165, 1.54) is 0 Å². The Balaban J connectivity index is 3.53. The average Bonchev–Trinajstić information content (AvgIpc) is 2.78. The third-order valence-electron chi connectivity index (χ3n) is 6.25. The van der Waals surface area contributed by atoms with Crippen LogP contribution in [-0.2, 0) is 14.3 Å². The lowest BCUT2D eigenvalue weighted by Gasteiger charge is -2.40. The zero-order valence-corrected chi connectivity index (χ0v) is 24.8. The minimum Gasteiger partial charge on any atom is -0.444 e. The number of benzene rings is 1. The summed E-state index contributed by atoms with van der Waals surface area (Å²) in [6, 6.07) is 7.51. The van der Waals surface area contributed by atoms with Gasteiger partial charge < -0.3 is 20.3 Å². The van der Waals surface area contributed by atoms with Crippen LogP contribution >= 0.6 is 0 Å². The van der Waals surface area contributed by atoms with Gasteiger partial charge in [-0.1, -0.05) is 71.4 Å². The number of nitrogens with zero attached hydrogens (tertiary/aromatic N) is 1. The molecule has 0 fully saturated rings. The van der Waals surface area contributed by atoms with E-state index in [4.69, 9.17) is 4.74 Å². The second-order valence-electron chi connectivity index (χ2n) is 11.9. The van der Waals surface area contributed by atoms with E-state index < -0.39 is 23.8 Å². The Morgan fingerprint density at radius 1 is 0.892 bits per heavy atom. The van der Waals surface area contributed by atoms with E-state index in [9.17, 15) is 14.4 Å². The first-order valence-electron chi connectivity index (χ1n) is 13.8. The Kier molecular flexibility index (Phi) is 13.2. The van der Waals surface area contributed by atoms with Crippen LogP contribution < -0.4 is 10.6 Å². The maximum atomic E-state index is 14.3. The number of rotatable bonds is 13. The first-order valence-corrected chi connectivity index (χ1v) is 13.8. The number of hydrogen-bond acceptors (Lipinski definition) is 4. The van der Waals surface area contributed by atoms with Crippen molar-refractivity contribution in [2.24, 2.45) is 11.8 Å². The van der Waals surface area contributed by atoms with Crippen molar-refractivity contribution in [1.29, 1.82) is 0 Å². The molecule has 0 aliphatic heterocycles. The molecule has 0 bridgehead atoms. The standard InChI is InChI=1S/C30H51N3O4/c1-11-15-22(6)31-27(34)26(24-16-13-12-14-17-24)33(23(7)19-18-20(2)3)28(35)25(21(4)5)32-29(36)37-30(8,9)10/h12-14,16-17,20-23,25-26H,11,15,18-19H2,1-10H3,(H,31,34)(H,32,36). The summed E-state index contributed by atoms with van der Waals surface area (Å²) < 4.78 is 5.46. The van der Waals surface area contributed by atoms with Crippen molar-refractivity contribution in [2.45, 2.75) is 125 Å². The molecule has 0 saturated carbocycles. The van der Waals surface area contributed by atoms with Gasteiger partial charge in [0.25, 0.3) is 0 Å². The third kappa shape index (κ3) is 11.1. The second kappa shape index (κ2) is 15.0. The van der Waals surface area contributed by atoms with Gasteiger partial charge in [0.05, 0.1) is 0 Å². The number of nitrogens with one attached hydrogen (secondary N) is 2. The van der Waals surface area contributed by atoms with Gasteiger partial charge in [-0.25, -0.2) is 4.79 Å². The fraction of sp³-hybridized carbons (Fsp3) is 0.700. The molecule has 0 aliphatic carbocycles. The number of alkyl carbamates (subject to hydrolysis) is 1. The van der Waals surface area contributed by atoms with Gasteiger partial charge >= 0.3 is 6.09 Å². The van der Waals surface area contributed by atoms with Crippen LogP contribution in [0, 0.1) is 11.8 Å². The summed E-state index contributed by atoms with van der Waals surface area (Å²) in [6.07, 6.45) is 2.79. The molecule has 7 heteroatoms. The minimum absolute atomic E-state index is 0.0209. The number of carbonyl (C=O) groups excluding carboxylic acids is 3. The van der Waals surface area contributed by atoms with Crippen LogP contribution in [0.15, 0.2) is 30.3 Å². The highest BCUT2D eigenvalue weighted by Gasteiger charge is 2.40. The van der Waals surface area contributed by atoms with Crippen molar-refractivity contribution in [2.75, 3.05) is 0 Å². The smallest absolute Gasteiger partial charge is 0.408 e. The van der Waals surface area contributed by atoms with Gasteiger partial charge in [0.15, 0.2) is 0 Å². The number of hydrogen-bond donors (Lipinski definition) is 2. The first-order chi connectivity index (χ1) is 17.2. The minimum atomic E-state index is -0.844. The molecule has 3 amide bonds. The van der Waals surface area contributed by atoms with Crippen molar-refractivity contribution in [3.8, 4) is 0 Å². The Labute approximate surface area is 225 Å². The van der Waals surface area contributed by atoms with E-state index >= 15 is 0 Å². The number of carbonyl (C=O) groups is 3. The molecular weight excluding hydrogens is 466 g/mol. The highest BCUT2D eigenvalue weighted by atomic mass is 16.6. The number of amides is 3. The topological polar surface area (TPSA) is 87.7 Å². The molecule has 0 heterocycles. The SMILES string of the molecule is CCCC(C)NC(=O)C(c1ccccc1)N(C(=O)C(NC(=O)OC(C)(C)C)C(C)C)C(C)CCC(C)C. The molecule has 2 N–H and O–H groups in total. The molecule has 37 heavy (non-hydrogen) atoms. The van der Waals surface area contributed by atoms with Gasteiger partial charge in [-0.3, -0.25) is 9.59 Å². The van der Waals surface area contributed by atoms with E-state index in [1.54, 1.807) is 25.7 Å². The summed E-state index contributed by atoms with van der Waals surface area (Å²) in [5.74, 6) is -0.256. The fourth-order valence-corrected chi connectivity index (χ4v) is 4.32. The van der Waals surface area contributed by atoms with Crippen molar-refractivity contribution in [1.82, 2.24) is 15.5 Å². The summed E-state index contributed by atoms with van der Waals surface area (Å²) in [7, 11) is 0. The lowest BCUT2D eigenvalue weighted by molar-refractivity contribution is -0.146. The van der Waals surface area contributed by atoms with E-state index in [0.29, 0.717) is 5.92 Å². The molecule has 1 rings (SSSR count). The Bertz CT molecular complexity index is 848. The largest absolute Gasteiger partial charge is 0.444 e. The molecule has 4 atom stereocenters. The van der Waals surface area contributed by atoms with Crippen molar-refractivity contribution >= 4 is 17.9 Å². The Hall–Kier alpha value is -2.57. The van der Waals surface area contributed by atoms with Crippen LogP contribution in [0.4, 0.5) is 4.79 Å². The normalized spacial score (nSPS) is 15.0. The Morgan fingerprint density at radius 2 is 1.49 bits per heavy atom. The van der Waals surface area contributed by atoms with E-state index in [0.717, 1.165) is 31.2 Å². The van der Waals surface area contributed by atoms with Gasteiger partial charge in [0.2, 0.25) is 11.8 Å². The van der Waals surface area contributed by atoms with E-state index in [2.05, 4.69) is 31.4 Å². The predicted octanol–water partition coefficient (Wildman–Crippen LogP) is 6.24. The summed E-state index contributed by atoms with van der Waals surface area (Å²) in [4.78, 5) is 42.5. The third-order valence-corrected chi connectivity index (χ3v) is 6.25. The number of ether oxygens (including phenoxy) is 1. The molecule has 0 aliphatic rings. The molecule has 1 aromatic rings. The fourth-order valence-electron chi connectivity index (χ4n) is 4.32. The predicted molar refractivity (Wildman–Crippen MR) is 150 cm³/mol. The van der Waals surface area contributed by atoms with Gasteiger partial charge in [-0.15, -0.1) is 0 Å². The monoisotopic (exact) mass is 517 g/mol. The summed E-state index contributed by atoms with van der Waals surface area (Å²) >= 11 is 0. The van der Waals surface area contributed by atoms with Crippen LogP contribution in [0.2, 0.25) is 0 Å². The molecular formula is C30H51N3O4. The lowest BCUT2D eigenvalue weighted by atomic mass is 9.94. The molecule has 7 nitrogen and oxygen atoms in total. The maximum Gasteiger partial charge on any atom is 0.408 e. The zero-order valence-electron chi connectivity index (χ0n) is 24.8. The summed E-state index contributed by atoms with van der Waals surface area (Å²) in [5.41, 5.74) is 0.0501. The van der Waals surface area contributed by atoms with Crippen LogP contribution in [0.1, 0.15) is 107 Å². The van der Waals surface area contributed by atoms with Crippen molar-refractivity contribution in [3.05, 3.63) is 35.9 Å². The van der Waals surface area contributed by atoms with Gasteiger partial charge in [0.1, 0.15) is 17.7 Å². The molecule has 0 saturated heterocycles. The van der Waals surface area contributed by atoms with Crippen LogP contribution in [0.5, 0.6) is 0 Å². The molecule has 0 aromatic heterocycles. The molecule has 4 unspecified atom stereocenters. The first kappa shape index (κ1) is 32.5. The van der Waals surface area contributed by atoms with Gasteiger partial charge in [-0.2, -0.15) is 0 Å². The van der Waals surface area contributed by atoms with Crippen LogP contribution in [0.3, 0.4) is 0 Å². The average molecular weight is 518 g/mol. The van der Waals surface area contributed by atoms with Crippen molar-refractivity contribution in [3.63, 3.8) is 0 Å². The second-order valence-corrected chi connectivity index (χ2v) is 11.9. The molecule has 0 radical (unpaired) electrons. The van der Waals surface area contributed by atoms with E-state index in [1.807, 2.05) is 58.0 Å². The molecule has 0 spiro atoms. The Morgan fingerprint density at radius 3 is 1.97 bits per heavy atom. The van der Waals surface area contributed by atoms with Crippen molar-refractivity contribution < 1.29 is 19.1 Å². The summed E-state index contributed by atoms with van der Waals surface area (Å²) in [6.45, 7) is 19.5. The highest BCUT2D eigenvalue weighted by Crippen LogP contribution is 2.28. The maximum absolute atomic E-state index is 14.3. The van der Waals surface area contributed by atoms with E-state index in [-0.39, 0.29) is 29.8 Å².